The van der Waals surface area contributed by atoms with E-state index in [1.807, 2.05) is 53.4 Å². The number of rotatable bonds is 3. The Hall–Kier alpha value is -2.20. The fraction of sp³-hybridized carbons (Fsp3) is 0.235. The molecule has 0 bridgehead atoms. The maximum absolute atomic E-state index is 12.3. The summed E-state index contributed by atoms with van der Waals surface area (Å²) in [7, 11) is 0. The summed E-state index contributed by atoms with van der Waals surface area (Å²) in [5.41, 5.74) is 2.72. The first-order valence-corrected chi connectivity index (χ1v) is 7.03. The molecule has 0 fully saturated rings. The summed E-state index contributed by atoms with van der Waals surface area (Å²) in [6.45, 7) is 2.60. The van der Waals surface area contributed by atoms with Gasteiger partial charge in [-0.15, -0.1) is 0 Å². The van der Waals surface area contributed by atoms with Crippen LogP contribution in [0.5, 0.6) is 0 Å². The molecule has 0 aliphatic carbocycles. The molecular weight excluding hydrogens is 300 g/mol. The van der Waals surface area contributed by atoms with Crippen molar-refractivity contribution in [2.24, 2.45) is 0 Å². The molecule has 22 heavy (non-hydrogen) atoms. The normalized spacial score (nSPS) is 12.5. The van der Waals surface area contributed by atoms with Gasteiger partial charge in [0.1, 0.15) is 0 Å². The second-order valence-corrected chi connectivity index (χ2v) is 5.24. The maximum Gasteiger partial charge on any atom is 0.227 e. The molecule has 0 atom stereocenters. The Morgan fingerprint density at radius 2 is 1.91 bits per heavy atom. The third-order valence-electron chi connectivity index (χ3n) is 3.78. The van der Waals surface area contributed by atoms with Gasteiger partial charge in [0.25, 0.3) is 0 Å². The molecule has 3 rings (SSSR count). The Morgan fingerprint density at radius 3 is 2.59 bits per heavy atom. The van der Waals surface area contributed by atoms with E-state index in [0.29, 0.717) is 18.7 Å². The lowest BCUT2D eigenvalue weighted by molar-refractivity contribution is -0.683. The number of pyridine rings is 1. The molecule has 1 aliphatic rings. The maximum atomic E-state index is 12.3. The number of anilines is 1. The number of amides is 1. The molecule has 0 radical (unpaired) electrons. The largest absolute Gasteiger partial charge is 1.00 e. The van der Waals surface area contributed by atoms with E-state index in [0.717, 1.165) is 17.7 Å². The van der Waals surface area contributed by atoms with E-state index in [-0.39, 0.29) is 24.1 Å². The number of carbonyl (C=O) groups excluding carboxylic acids is 2. The van der Waals surface area contributed by atoms with Crippen LogP contribution < -0.4 is 21.9 Å². The molecule has 5 heteroatoms. The van der Waals surface area contributed by atoms with Crippen LogP contribution in [0.4, 0.5) is 5.69 Å². The first kappa shape index (κ1) is 16.2. The molecule has 0 saturated heterocycles. The van der Waals surface area contributed by atoms with Gasteiger partial charge in [0.05, 0.1) is 0 Å². The van der Waals surface area contributed by atoms with Crippen molar-refractivity contribution in [2.45, 2.75) is 19.9 Å². The molecule has 0 spiro atoms. The van der Waals surface area contributed by atoms with Crippen molar-refractivity contribution in [1.29, 1.82) is 0 Å². The molecule has 1 aliphatic heterocycles. The average Bonchev–Trinajstić information content (AvgIpc) is 2.91. The summed E-state index contributed by atoms with van der Waals surface area (Å²) in [5, 5.41) is 0. The van der Waals surface area contributed by atoms with Gasteiger partial charge in [-0.2, -0.15) is 4.57 Å². The summed E-state index contributed by atoms with van der Waals surface area (Å²) in [4.78, 5) is 25.6. The summed E-state index contributed by atoms with van der Waals surface area (Å²) < 4.78 is 1.86. The number of fused-ring (bicyclic) bond motifs is 1. The zero-order valence-electron chi connectivity index (χ0n) is 12.3. The monoisotopic (exact) mass is 316 g/mol. The number of ketones is 1. The van der Waals surface area contributed by atoms with Crippen molar-refractivity contribution < 1.29 is 26.6 Å². The van der Waals surface area contributed by atoms with Crippen LogP contribution in [0, 0.1) is 0 Å². The van der Waals surface area contributed by atoms with Crippen molar-refractivity contribution in [2.75, 3.05) is 11.4 Å². The zero-order chi connectivity index (χ0) is 14.8. The van der Waals surface area contributed by atoms with Gasteiger partial charge in [-0.1, -0.05) is 6.07 Å². The fourth-order valence-corrected chi connectivity index (χ4v) is 2.70. The highest BCUT2D eigenvalue weighted by atomic mass is 35.5. The Bertz CT molecular complexity index is 701. The van der Waals surface area contributed by atoms with Crippen LogP contribution in [0.3, 0.4) is 0 Å². The van der Waals surface area contributed by atoms with Crippen molar-refractivity contribution in [1.82, 2.24) is 0 Å². The second kappa shape index (κ2) is 6.71. The number of benzene rings is 1. The Kier molecular flexibility index (Phi) is 4.93. The van der Waals surface area contributed by atoms with Crippen LogP contribution >= 0.6 is 0 Å². The van der Waals surface area contributed by atoms with Crippen LogP contribution in [0.25, 0.3) is 0 Å². The third-order valence-corrected chi connectivity index (χ3v) is 3.78. The van der Waals surface area contributed by atoms with E-state index in [1.165, 1.54) is 0 Å². The number of Topliss-reactive ketones (excluding diaryl/α,β-unsaturated/α-hetero) is 1. The molecule has 0 saturated carbocycles. The summed E-state index contributed by atoms with van der Waals surface area (Å²) >= 11 is 0. The number of aromatic nitrogens is 1. The number of hydrogen-bond acceptors (Lipinski definition) is 2. The quantitative estimate of drug-likeness (QED) is 0.526. The molecule has 0 unspecified atom stereocenters. The molecule has 1 amide bonds. The van der Waals surface area contributed by atoms with Crippen LogP contribution in [-0.4, -0.2) is 18.2 Å². The van der Waals surface area contributed by atoms with E-state index in [9.17, 15) is 9.59 Å². The van der Waals surface area contributed by atoms with Gasteiger partial charge in [-0.05, 0) is 30.2 Å². The summed E-state index contributed by atoms with van der Waals surface area (Å²) in [6.07, 6.45) is 4.57. The van der Waals surface area contributed by atoms with E-state index in [4.69, 9.17) is 0 Å². The minimum absolute atomic E-state index is 0. The average molecular weight is 317 g/mol. The second-order valence-electron chi connectivity index (χ2n) is 5.24. The molecule has 2 heterocycles. The predicted molar refractivity (Wildman–Crippen MR) is 79.1 cm³/mol. The first-order valence-electron chi connectivity index (χ1n) is 7.03. The molecular formula is C17H17ClN2O2. The highest BCUT2D eigenvalue weighted by Crippen LogP contribution is 2.28. The van der Waals surface area contributed by atoms with Crippen LogP contribution in [0.2, 0.25) is 0 Å². The highest BCUT2D eigenvalue weighted by molar-refractivity contribution is 5.98. The topological polar surface area (TPSA) is 41.3 Å². The standard InChI is InChI=1S/C17H17N2O2.ClH/c1-13(20)19-10-7-14-11-15(5-6-16(14)19)17(21)12-18-8-3-2-4-9-18;/h2-6,8-9,11H,7,10,12H2,1H3;1H/q+1;/p-1. The zero-order valence-corrected chi connectivity index (χ0v) is 13.1. The number of carbonyl (C=O) groups is 2. The van der Waals surface area contributed by atoms with E-state index < -0.39 is 0 Å². The minimum atomic E-state index is 0. The SMILES string of the molecule is CC(=O)N1CCc2cc(C(=O)C[n+]3ccccc3)ccc21.[Cl-]. The van der Waals surface area contributed by atoms with Gasteiger partial charge in [-0.3, -0.25) is 9.59 Å². The molecule has 114 valence electrons. The molecule has 1 aromatic carbocycles. The van der Waals surface area contributed by atoms with Gasteiger partial charge in [-0.25, -0.2) is 0 Å². The van der Waals surface area contributed by atoms with Crippen molar-refractivity contribution >= 4 is 17.4 Å². The summed E-state index contributed by atoms with van der Waals surface area (Å²) in [6, 6.07) is 11.3. The molecule has 0 N–H and O–H groups in total. The Labute approximate surface area is 135 Å². The Balaban J connectivity index is 0.00000176. The minimum Gasteiger partial charge on any atom is -1.00 e. The van der Waals surface area contributed by atoms with Crippen molar-refractivity contribution in [3.05, 3.63) is 59.9 Å². The van der Waals surface area contributed by atoms with Gasteiger partial charge >= 0.3 is 0 Å². The van der Waals surface area contributed by atoms with Crippen LogP contribution in [-0.2, 0) is 17.8 Å². The lowest BCUT2D eigenvalue weighted by Gasteiger charge is -2.14. The van der Waals surface area contributed by atoms with Gasteiger partial charge in [0.2, 0.25) is 18.2 Å². The first-order chi connectivity index (χ1) is 10.1. The number of halogens is 1. The number of hydrogen-bond donors (Lipinski definition) is 0. The van der Waals surface area contributed by atoms with Gasteiger partial charge < -0.3 is 17.3 Å². The van der Waals surface area contributed by atoms with Crippen molar-refractivity contribution in [3.63, 3.8) is 0 Å². The predicted octanol–water partition coefficient (Wildman–Crippen LogP) is -1.23. The molecule has 4 nitrogen and oxygen atoms in total. The third kappa shape index (κ3) is 3.17. The molecule has 2 aromatic rings. The van der Waals surface area contributed by atoms with E-state index in [2.05, 4.69) is 0 Å². The summed E-state index contributed by atoms with van der Waals surface area (Å²) in [5.74, 6) is 0.128. The van der Waals surface area contributed by atoms with E-state index >= 15 is 0 Å². The van der Waals surface area contributed by atoms with E-state index in [1.54, 1.807) is 11.8 Å². The van der Waals surface area contributed by atoms with Crippen LogP contribution in [0.15, 0.2) is 48.8 Å². The lowest BCUT2D eigenvalue weighted by Crippen LogP contribution is -3.00. The lowest BCUT2D eigenvalue weighted by atomic mass is 10.0. The van der Waals surface area contributed by atoms with Crippen molar-refractivity contribution in [3.8, 4) is 0 Å². The van der Waals surface area contributed by atoms with Crippen LogP contribution in [0.1, 0.15) is 22.8 Å². The fourth-order valence-electron chi connectivity index (χ4n) is 2.70. The Morgan fingerprint density at radius 1 is 1.18 bits per heavy atom. The van der Waals surface area contributed by atoms with Gasteiger partial charge in [0, 0.05) is 36.9 Å². The number of nitrogens with zero attached hydrogens (tertiary/aromatic N) is 2. The smallest absolute Gasteiger partial charge is 0.227 e. The van der Waals surface area contributed by atoms with Gasteiger partial charge in [0.15, 0.2) is 12.4 Å². The molecule has 1 aromatic heterocycles. The highest BCUT2D eigenvalue weighted by Gasteiger charge is 2.23.